The van der Waals surface area contributed by atoms with Gasteiger partial charge >= 0.3 is 6.09 Å². The van der Waals surface area contributed by atoms with Crippen LogP contribution in [0.2, 0.25) is 0 Å². The molecule has 0 spiro atoms. The molecule has 0 unspecified atom stereocenters. The van der Waals surface area contributed by atoms with Crippen LogP contribution in [-0.2, 0) is 4.74 Å². The zero-order valence-corrected chi connectivity index (χ0v) is 16.6. The van der Waals surface area contributed by atoms with Gasteiger partial charge in [-0.05, 0) is 38.1 Å². The summed E-state index contributed by atoms with van der Waals surface area (Å²) in [5.41, 5.74) is 1.52. The Morgan fingerprint density at radius 1 is 1.07 bits per heavy atom. The van der Waals surface area contributed by atoms with Gasteiger partial charge in [0.05, 0.1) is 12.2 Å². The molecule has 8 heteroatoms. The standard InChI is InChI=1S/C21H24N4O4/c1-3-29-21(28)25-11-9-24(10-12-25)19-8-7-17(14-22-19)20(27)23-18-6-4-5-16(13-18)15(2)26/h4-8,13-14H,3,9-12H2,1-2H3,(H,23,27). The summed E-state index contributed by atoms with van der Waals surface area (Å²) >= 11 is 0. The second-order valence-corrected chi connectivity index (χ2v) is 6.67. The molecule has 3 rings (SSSR count). The van der Waals surface area contributed by atoms with Gasteiger partial charge in [-0.25, -0.2) is 9.78 Å². The van der Waals surface area contributed by atoms with E-state index in [-0.39, 0.29) is 17.8 Å². The van der Waals surface area contributed by atoms with Crippen molar-refractivity contribution in [1.82, 2.24) is 9.88 Å². The van der Waals surface area contributed by atoms with Crippen LogP contribution < -0.4 is 10.2 Å². The highest BCUT2D eigenvalue weighted by Crippen LogP contribution is 2.16. The van der Waals surface area contributed by atoms with Crippen molar-refractivity contribution in [2.24, 2.45) is 0 Å². The first-order valence-electron chi connectivity index (χ1n) is 9.53. The number of ether oxygens (including phenoxy) is 1. The van der Waals surface area contributed by atoms with Gasteiger partial charge in [0.1, 0.15) is 5.82 Å². The number of nitrogens with one attached hydrogen (secondary N) is 1. The monoisotopic (exact) mass is 396 g/mol. The van der Waals surface area contributed by atoms with Crippen LogP contribution in [0.15, 0.2) is 42.6 Å². The van der Waals surface area contributed by atoms with E-state index in [4.69, 9.17) is 4.74 Å². The summed E-state index contributed by atoms with van der Waals surface area (Å²) in [6, 6.07) is 10.3. The summed E-state index contributed by atoms with van der Waals surface area (Å²) in [5.74, 6) is 0.399. The Bertz CT molecular complexity index is 890. The number of carbonyl (C=O) groups is 3. The topological polar surface area (TPSA) is 91.8 Å². The summed E-state index contributed by atoms with van der Waals surface area (Å²) in [6.45, 7) is 6.06. The van der Waals surface area contributed by atoms with E-state index in [9.17, 15) is 14.4 Å². The summed E-state index contributed by atoms with van der Waals surface area (Å²) in [5, 5.41) is 2.78. The summed E-state index contributed by atoms with van der Waals surface area (Å²) in [7, 11) is 0. The quantitative estimate of drug-likeness (QED) is 0.782. The van der Waals surface area contributed by atoms with E-state index >= 15 is 0 Å². The molecular formula is C21H24N4O4. The molecule has 152 valence electrons. The van der Waals surface area contributed by atoms with Gasteiger partial charge in [0.2, 0.25) is 0 Å². The number of pyridine rings is 1. The van der Waals surface area contributed by atoms with Gasteiger partial charge < -0.3 is 19.9 Å². The molecule has 1 saturated heterocycles. The fourth-order valence-corrected chi connectivity index (χ4v) is 3.06. The predicted octanol–water partition coefficient (Wildman–Crippen LogP) is 2.82. The van der Waals surface area contributed by atoms with Crippen LogP contribution in [0.4, 0.5) is 16.3 Å². The van der Waals surface area contributed by atoms with Gasteiger partial charge in [-0.2, -0.15) is 0 Å². The first-order valence-corrected chi connectivity index (χ1v) is 9.53. The molecule has 0 atom stereocenters. The molecule has 2 heterocycles. The Balaban J connectivity index is 1.59. The van der Waals surface area contributed by atoms with E-state index in [1.165, 1.54) is 13.1 Å². The first-order chi connectivity index (χ1) is 14.0. The number of ketones is 1. The van der Waals surface area contributed by atoms with Crippen molar-refractivity contribution in [3.05, 3.63) is 53.7 Å². The third-order valence-electron chi connectivity index (χ3n) is 4.67. The average Bonchev–Trinajstić information content (AvgIpc) is 2.74. The minimum Gasteiger partial charge on any atom is -0.450 e. The first kappa shape index (κ1) is 20.3. The second-order valence-electron chi connectivity index (χ2n) is 6.67. The Hall–Kier alpha value is -3.42. The van der Waals surface area contributed by atoms with E-state index in [1.807, 2.05) is 0 Å². The largest absolute Gasteiger partial charge is 0.450 e. The molecule has 0 radical (unpaired) electrons. The maximum atomic E-state index is 12.5. The number of hydrogen-bond donors (Lipinski definition) is 1. The molecule has 0 aliphatic carbocycles. The molecule has 1 aliphatic heterocycles. The van der Waals surface area contributed by atoms with Crippen molar-refractivity contribution in [3.63, 3.8) is 0 Å². The molecule has 1 N–H and O–H groups in total. The number of rotatable bonds is 5. The molecule has 8 nitrogen and oxygen atoms in total. The lowest BCUT2D eigenvalue weighted by Gasteiger charge is -2.34. The highest BCUT2D eigenvalue weighted by molar-refractivity contribution is 6.05. The lowest BCUT2D eigenvalue weighted by molar-refractivity contribution is 0.101. The smallest absolute Gasteiger partial charge is 0.409 e. The Kier molecular flexibility index (Phi) is 6.43. The fourth-order valence-electron chi connectivity index (χ4n) is 3.06. The van der Waals surface area contributed by atoms with Crippen molar-refractivity contribution in [2.75, 3.05) is 43.0 Å². The molecular weight excluding hydrogens is 372 g/mol. The van der Waals surface area contributed by atoms with Crippen molar-refractivity contribution >= 4 is 29.3 Å². The van der Waals surface area contributed by atoms with Crippen LogP contribution in [0, 0.1) is 0 Å². The van der Waals surface area contributed by atoms with E-state index in [1.54, 1.807) is 48.2 Å². The molecule has 29 heavy (non-hydrogen) atoms. The zero-order valence-electron chi connectivity index (χ0n) is 16.6. The van der Waals surface area contributed by atoms with E-state index < -0.39 is 0 Å². The van der Waals surface area contributed by atoms with E-state index in [2.05, 4.69) is 15.2 Å². The lowest BCUT2D eigenvalue weighted by atomic mass is 10.1. The van der Waals surface area contributed by atoms with Gasteiger partial charge in [0, 0.05) is 43.6 Å². The highest BCUT2D eigenvalue weighted by atomic mass is 16.6. The van der Waals surface area contributed by atoms with Crippen molar-refractivity contribution in [1.29, 1.82) is 0 Å². The molecule has 1 fully saturated rings. The molecule has 0 saturated carbocycles. The van der Waals surface area contributed by atoms with Crippen LogP contribution in [0.3, 0.4) is 0 Å². The number of Topliss-reactive ketones (excluding diaryl/α,β-unsaturated/α-hetero) is 1. The molecule has 1 aromatic heterocycles. The normalized spacial score (nSPS) is 13.7. The van der Waals surface area contributed by atoms with Crippen molar-refractivity contribution in [2.45, 2.75) is 13.8 Å². The second kappa shape index (κ2) is 9.18. The zero-order chi connectivity index (χ0) is 20.8. The number of nitrogens with zero attached hydrogens (tertiary/aromatic N) is 3. The third kappa shape index (κ3) is 5.10. The van der Waals surface area contributed by atoms with E-state index in [0.717, 1.165) is 5.82 Å². The number of carbonyl (C=O) groups excluding carboxylic acids is 3. The van der Waals surface area contributed by atoms with Crippen LogP contribution in [0.1, 0.15) is 34.6 Å². The number of piperazine rings is 1. The maximum absolute atomic E-state index is 12.5. The number of benzene rings is 1. The van der Waals surface area contributed by atoms with Crippen LogP contribution in [0.25, 0.3) is 0 Å². The minimum absolute atomic E-state index is 0.0600. The molecule has 2 amide bonds. The van der Waals surface area contributed by atoms with Crippen LogP contribution >= 0.6 is 0 Å². The van der Waals surface area contributed by atoms with Gasteiger partial charge in [0.15, 0.2) is 5.78 Å². The third-order valence-corrected chi connectivity index (χ3v) is 4.67. The van der Waals surface area contributed by atoms with Crippen LogP contribution in [0.5, 0.6) is 0 Å². The molecule has 0 bridgehead atoms. The molecule has 1 aromatic carbocycles. The maximum Gasteiger partial charge on any atom is 0.409 e. The predicted molar refractivity (Wildman–Crippen MR) is 109 cm³/mol. The SMILES string of the molecule is CCOC(=O)N1CCN(c2ccc(C(=O)Nc3cccc(C(C)=O)c3)cn2)CC1. The van der Waals surface area contributed by atoms with Crippen molar-refractivity contribution in [3.8, 4) is 0 Å². The average molecular weight is 396 g/mol. The van der Waals surface area contributed by atoms with Gasteiger partial charge in [-0.15, -0.1) is 0 Å². The number of hydrogen-bond acceptors (Lipinski definition) is 6. The number of anilines is 2. The Morgan fingerprint density at radius 2 is 1.83 bits per heavy atom. The van der Waals surface area contributed by atoms with Gasteiger partial charge in [-0.3, -0.25) is 9.59 Å². The van der Waals surface area contributed by atoms with Gasteiger partial charge in [-0.1, -0.05) is 12.1 Å². The van der Waals surface area contributed by atoms with E-state index in [0.29, 0.717) is 49.6 Å². The van der Waals surface area contributed by atoms with Gasteiger partial charge in [0.25, 0.3) is 5.91 Å². The lowest BCUT2D eigenvalue weighted by Crippen LogP contribution is -2.49. The molecule has 1 aliphatic rings. The molecule has 2 aromatic rings. The number of amides is 2. The summed E-state index contributed by atoms with van der Waals surface area (Å²) in [4.78, 5) is 43.8. The summed E-state index contributed by atoms with van der Waals surface area (Å²) < 4.78 is 5.02. The Morgan fingerprint density at radius 3 is 2.45 bits per heavy atom. The summed E-state index contributed by atoms with van der Waals surface area (Å²) in [6.07, 6.45) is 1.23. The fraction of sp³-hybridized carbons (Fsp3) is 0.333. The highest BCUT2D eigenvalue weighted by Gasteiger charge is 2.22. The number of aromatic nitrogens is 1. The van der Waals surface area contributed by atoms with Crippen LogP contribution in [-0.4, -0.2) is 60.5 Å². The minimum atomic E-state index is -0.295. The Labute approximate surface area is 169 Å². The van der Waals surface area contributed by atoms with Crippen molar-refractivity contribution < 1.29 is 19.1 Å².